The Hall–Kier alpha value is -0.450. The van der Waals surface area contributed by atoms with E-state index < -0.39 is 65.5 Å². The lowest BCUT2D eigenvalue weighted by Crippen LogP contribution is -2.68. The number of fused-ring (bicyclic) bond motifs is 5. The first-order valence-corrected chi connectivity index (χ1v) is 18.2. The number of hydrogen-bond donors (Lipinski definition) is 7. The van der Waals surface area contributed by atoms with Crippen LogP contribution >= 0.6 is 0 Å². The molecule has 0 aromatic rings. The van der Waals surface area contributed by atoms with Gasteiger partial charge in [-0.25, -0.2) is 4.18 Å². The molecule has 1 saturated heterocycles. The van der Waals surface area contributed by atoms with Crippen LogP contribution in [0.3, 0.4) is 0 Å². The van der Waals surface area contributed by atoms with Crippen molar-refractivity contribution in [2.45, 2.75) is 147 Å². The van der Waals surface area contributed by atoms with Crippen molar-refractivity contribution < 1.29 is 57.3 Å². The molecule has 0 radical (unpaired) electrons. The van der Waals surface area contributed by atoms with Crippen LogP contribution in [-0.4, -0.2) is 105 Å². The number of ether oxygens (including phenoxy) is 2. The standard InChI is InChI=1S/C32H56O12S/c1-16(2)23(43-29-27(37)26(36)24(44-29)15-42-45(39,40)41)7-6-17(3)19-13-21(34)28-31(19,5)11-9-25-30(4)10-8-18(33)12-20(30)22(35)14-32(25,28)38/h16-29,33-38H,6-15H2,1-5H3,(H,39,40,41). The van der Waals surface area contributed by atoms with Gasteiger partial charge < -0.3 is 40.1 Å². The number of aliphatic hydroxyl groups excluding tert-OH is 5. The highest BCUT2D eigenvalue weighted by atomic mass is 32.3. The van der Waals surface area contributed by atoms with Gasteiger partial charge in [-0.05, 0) is 91.8 Å². The molecule has 45 heavy (non-hydrogen) atoms. The average molecular weight is 665 g/mol. The summed E-state index contributed by atoms with van der Waals surface area (Å²) in [5.74, 6) is -0.158. The Morgan fingerprint density at radius 2 is 1.58 bits per heavy atom. The molecule has 5 rings (SSSR count). The summed E-state index contributed by atoms with van der Waals surface area (Å²) in [4.78, 5) is 0. The molecule has 5 aliphatic rings. The van der Waals surface area contributed by atoms with E-state index in [-0.39, 0.29) is 58.9 Å². The van der Waals surface area contributed by atoms with E-state index >= 15 is 0 Å². The van der Waals surface area contributed by atoms with Crippen LogP contribution in [0.5, 0.6) is 0 Å². The molecule has 4 saturated carbocycles. The molecule has 13 heteroatoms. The zero-order valence-corrected chi connectivity index (χ0v) is 28.1. The Morgan fingerprint density at radius 3 is 2.22 bits per heavy atom. The highest BCUT2D eigenvalue weighted by molar-refractivity contribution is 7.80. The zero-order valence-electron chi connectivity index (χ0n) is 27.2. The third kappa shape index (κ3) is 6.50. The minimum absolute atomic E-state index is 0.0262. The van der Waals surface area contributed by atoms with Gasteiger partial charge in [-0.2, -0.15) is 8.42 Å². The minimum Gasteiger partial charge on any atom is -0.393 e. The molecule has 0 spiro atoms. The van der Waals surface area contributed by atoms with Crippen molar-refractivity contribution in [2.75, 3.05) is 6.61 Å². The summed E-state index contributed by atoms with van der Waals surface area (Å²) in [5.41, 5.74) is -1.81. The predicted octanol–water partition coefficient (Wildman–Crippen LogP) is 1.79. The topological polar surface area (TPSA) is 203 Å². The number of rotatable bonds is 10. The Morgan fingerprint density at radius 1 is 0.911 bits per heavy atom. The van der Waals surface area contributed by atoms with Crippen LogP contribution in [0.4, 0.5) is 0 Å². The molecule has 1 aliphatic heterocycles. The molecule has 16 unspecified atom stereocenters. The van der Waals surface area contributed by atoms with Gasteiger partial charge in [-0.3, -0.25) is 4.55 Å². The van der Waals surface area contributed by atoms with E-state index in [2.05, 4.69) is 25.0 Å². The molecule has 0 aromatic heterocycles. The lowest BCUT2D eigenvalue weighted by Gasteiger charge is -2.66. The molecule has 7 N–H and O–H groups in total. The Balaban J connectivity index is 1.25. The van der Waals surface area contributed by atoms with Crippen LogP contribution < -0.4 is 0 Å². The molecule has 0 amide bonds. The first kappa shape index (κ1) is 35.8. The van der Waals surface area contributed by atoms with Gasteiger partial charge in [0.1, 0.15) is 18.3 Å². The summed E-state index contributed by atoms with van der Waals surface area (Å²) in [6, 6.07) is 0. The van der Waals surface area contributed by atoms with Gasteiger partial charge in [0.05, 0.1) is 36.6 Å². The number of aliphatic hydroxyl groups is 6. The van der Waals surface area contributed by atoms with Crippen molar-refractivity contribution in [1.82, 2.24) is 0 Å². The Bertz CT molecular complexity index is 1150. The van der Waals surface area contributed by atoms with Crippen LogP contribution in [0.1, 0.15) is 92.4 Å². The minimum atomic E-state index is -4.74. The molecule has 12 nitrogen and oxygen atoms in total. The van der Waals surface area contributed by atoms with E-state index in [4.69, 9.17) is 14.0 Å². The first-order valence-electron chi connectivity index (χ1n) is 16.9. The lowest BCUT2D eigenvalue weighted by molar-refractivity contribution is -0.263. The van der Waals surface area contributed by atoms with E-state index in [0.29, 0.717) is 25.7 Å². The largest absolute Gasteiger partial charge is 0.397 e. The summed E-state index contributed by atoms with van der Waals surface area (Å²) in [7, 11) is -4.74. The molecule has 4 aliphatic carbocycles. The fourth-order valence-corrected chi connectivity index (χ4v) is 11.2. The molecule has 262 valence electrons. The molecule has 0 bridgehead atoms. The second-order valence-electron chi connectivity index (χ2n) is 16.0. The monoisotopic (exact) mass is 664 g/mol. The van der Waals surface area contributed by atoms with Gasteiger partial charge in [0.2, 0.25) is 0 Å². The van der Waals surface area contributed by atoms with Crippen LogP contribution in [0.15, 0.2) is 0 Å². The van der Waals surface area contributed by atoms with E-state index in [1.807, 2.05) is 13.8 Å². The summed E-state index contributed by atoms with van der Waals surface area (Å²) < 4.78 is 46.8. The highest BCUT2D eigenvalue weighted by Gasteiger charge is 2.70. The van der Waals surface area contributed by atoms with E-state index in [1.165, 1.54) is 0 Å². The van der Waals surface area contributed by atoms with Gasteiger partial charge in [0.15, 0.2) is 6.29 Å². The predicted molar refractivity (Wildman–Crippen MR) is 162 cm³/mol. The molecule has 16 atom stereocenters. The van der Waals surface area contributed by atoms with Crippen LogP contribution in [0.2, 0.25) is 0 Å². The average Bonchev–Trinajstić information content (AvgIpc) is 3.37. The maximum absolute atomic E-state index is 12.5. The fourth-order valence-electron chi connectivity index (χ4n) is 10.9. The third-order valence-electron chi connectivity index (χ3n) is 13.1. The highest BCUT2D eigenvalue weighted by Crippen LogP contribution is 2.69. The number of hydrogen-bond acceptors (Lipinski definition) is 11. The summed E-state index contributed by atoms with van der Waals surface area (Å²) in [5, 5.41) is 66.7. The van der Waals surface area contributed by atoms with Gasteiger partial charge in [-0.1, -0.05) is 34.6 Å². The van der Waals surface area contributed by atoms with Crippen molar-refractivity contribution in [2.24, 2.45) is 46.3 Å². The second kappa shape index (κ2) is 12.8. The van der Waals surface area contributed by atoms with Crippen LogP contribution in [0.25, 0.3) is 0 Å². The normalized spacial score (nSPS) is 49.8. The summed E-state index contributed by atoms with van der Waals surface area (Å²) in [6.07, 6.45) is -1.73. The van der Waals surface area contributed by atoms with E-state index in [9.17, 15) is 39.1 Å². The van der Waals surface area contributed by atoms with Gasteiger partial charge in [-0.15, -0.1) is 0 Å². The van der Waals surface area contributed by atoms with Gasteiger partial charge in [0, 0.05) is 12.3 Å². The molecular weight excluding hydrogens is 608 g/mol. The summed E-state index contributed by atoms with van der Waals surface area (Å²) in [6.45, 7) is 9.82. The molecular formula is C32H56O12S. The van der Waals surface area contributed by atoms with Crippen LogP contribution in [0, 0.1) is 46.3 Å². The fraction of sp³-hybridized carbons (Fsp3) is 1.00. The van der Waals surface area contributed by atoms with Crippen molar-refractivity contribution >= 4 is 10.4 Å². The zero-order chi connectivity index (χ0) is 33.3. The van der Waals surface area contributed by atoms with Crippen molar-refractivity contribution in [3.05, 3.63) is 0 Å². The lowest BCUT2D eigenvalue weighted by atomic mass is 9.42. The van der Waals surface area contributed by atoms with Gasteiger partial charge >= 0.3 is 10.4 Å². The Labute approximate surface area is 267 Å². The summed E-state index contributed by atoms with van der Waals surface area (Å²) >= 11 is 0. The second-order valence-corrected chi connectivity index (χ2v) is 17.1. The van der Waals surface area contributed by atoms with E-state index in [1.54, 1.807) is 0 Å². The molecule has 5 fully saturated rings. The van der Waals surface area contributed by atoms with Crippen molar-refractivity contribution in [1.29, 1.82) is 0 Å². The molecule has 0 aromatic carbocycles. The smallest absolute Gasteiger partial charge is 0.393 e. The van der Waals surface area contributed by atoms with Gasteiger partial charge in [0.25, 0.3) is 0 Å². The van der Waals surface area contributed by atoms with Crippen LogP contribution in [-0.2, 0) is 24.1 Å². The maximum Gasteiger partial charge on any atom is 0.397 e. The Kier molecular flexibility index (Phi) is 10.2. The van der Waals surface area contributed by atoms with Crippen molar-refractivity contribution in [3.63, 3.8) is 0 Å². The molecule has 1 heterocycles. The maximum atomic E-state index is 12.5. The van der Waals surface area contributed by atoms with E-state index in [0.717, 1.165) is 25.7 Å². The third-order valence-corrected chi connectivity index (χ3v) is 13.5. The quantitative estimate of drug-likeness (QED) is 0.167. The first-order chi connectivity index (χ1) is 20.8. The SMILES string of the molecule is CC(C)C(CCC(C)C1CC(O)C2C1(C)CCC1C3(C)CCC(O)CC3C(O)CC12O)OC1OC(COS(=O)(=O)O)C(O)C1O. The van der Waals surface area contributed by atoms with Crippen molar-refractivity contribution in [3.8, 4) is 0 Å².